The summed E-state index contributed by atoms with van der Waals surface area (Å²) in [6.07, 6.45) is 5.69. The van der Waals surface area contributed by atoms with Gasteiger partial charge in [-0.05, 0) is 53.4 Å². The van der Waals surface area contributed by atoms with Crippen LogP contribution in [0.25, 0.3) is 11.1 Å². The van der Waals surface area contributed by atoms with Gasteiger partial charge in [0.05, 0.1) is 18.4 Å². The molecule has 2 N–H and O–H groups in total. The van der Waals surface area contributed by atoms with E-state index in [1.807, 2.05) is 61.5 Å². The van der Waals surface area contributed by atoms with Crippen LogP contribution in [0.1, 0.15) is 61.9 Å². The molecule has 0 saturated carbocycles. The molecule has 0 heterocycles. The lowest BCUT2D eigenvalue weighted by Gasteiger charge is -2.13. The first-order valence-corrected chi connectivity index (χ1v) is 12.4. The van der Waals surface area contributed by atoms with Crippen LogP contribution < -0.4 is 10.6 Å². The summed E-state index contributed by atoms with van der Waals surface area (Å²) < 4.78 is 4.87. The molecular formula is C30H36N2O3. The topological polar surface area (TPSA) is 67.4 Å². The second kappa shape index (κ2) is 13.3. The highest BCUT2D eigenvalue weighted by atomic mass is 16.5. The molecule has 0 saturated heterocycles. The van der Waals surface area contributed by atoms with Crippen molar-refractivity contribution in [2.45, 2.75) is 52.5 Å². The molecule has 1 amide bonds. The zero-order valence-electron chi connectivity index (χ0n) is 21.0. The fourth-order valence-electron chi connectivity index (χ4n) is 4.01. The monoisotopic (exact) mass is 472 g/mol. The summed E-state index contributed by atoms with van der Waals surface area (Å²) >= 11 is 0. The van der Waals surface area contributed by atoms with Gasteiger partial charge in [-0.1, -0.05) is 82.0 Å². The Morgan fingerprint density at radius 3 is 2.40 bits per heavy atom. The van der Waals surface area contributed by atoms with E-state index in [0.717, 1.165) is 35.2 Å². The Bertz CT molecular complexity index is 1110. The number of carbonyl (C=O) groups excluding carboxylic acids is 2. The number of unbranched alkanes of at least 4 members (excludes halogenated alkanes) is 3. The average Bonchev–Trinajstić information content (AvgIpc) is 2.90. The number of hydrogen-bond acceptors (Lipinski definition) is 4. The van der Waals surface area contributed by atoms with E-state index in [-0.39, 0.29) is 17.8 Å². The van der Waals surface area contributed by atoms with E-state index in [9.17, 15) is 9.59 Å². The van der Waals surface area contributed by atoms with E-state index in [4.69, 9.17) is 4.74 Å². The molecule has 0 aromatic heterocycles. The van der Waals surface area contributed by atoms with Crippen molar-refractivity contribution in [1.29, 1.82) is 0 Å². The van der Waals surface area contributed by atoms with E-state index in [2.05, 4.69) is 29.7 Å². The van der Waals surface area contributed by atoms with E-state index in [1.54, 1.807) is 6.07 Å². The molecule has 0 fully saturated rings. The van der Waals surface area contributed by atoms with Crippen molar-refractivity contribution in [3.63, 3.8) is 0 Å². The summed E-state index contributed by atoms with van der Waals surface area (Å²) in [6, 6.07) is 23.6. The van der Waals surface area contributed by atoms with Crippen LogP contribution >= 0.6 is 0 Å². The number of para-hydroxylation sites is 1. The number of methoxy groups -OCH3 is 1. The zero-order valence-corrected chi connectivity index (χ0v) is 21.0. The predicted molar refractivity (Wildman–Crippen MR) is 143 cm³/mol. The number of carbonyl (C=O) groups is 2. The van der Waals surface area contributed by atoms with Gasteiger partial charge < -0.3 is 15.4 Å². The van der Waals surface area contributed by atoms with Crippen molar-refractivity contribution >= 4 is 23.3 Å². The van der Waals surface area contributed by atoms with Gasteiger partial charge >= 0.3 is 5.97 Å². The lowest BCUT2D eigenvalue weighted by Crippen LogP contribution is -2.28. The van der Waals surface area contributed by atoms with E-state index < -0.39 is 0 Å². The Hall–Kier alpha value is -3.60. The van der Waals surface area contributed by atoms with Gasteiger partial charge in [0.1, 0.15) is 0 Å². The quantitative estimate of drug-likeness (QED) is 0.218. The Kier molecular flexibility index (Phi) is 9.91. The molecular weight excluding hydrogens is 436 g/mol. The van der Waals surface area contributed by atoms with Crippen molar-refractivity contribution in [1.82, 2.24) is 5.32 Å². The van der Waals surface area contributed by atoms with Gasteiger partial charge in [0.25, 0.3) is 0 Å². The largest absolute Gasteiger partial charge is 0.465 e. The molecule has 5 nitrogen and oxygen atoms in total. The van der Waals surface area contributed by atoms with Crippen LogP contribution in [0.5, 0.6) is 0 Å². The van der Waals surface area contributed by atoms with Crippen LogP contribution in [-0.2, 0) is 16.1 Å². The first-order valence-electron chi connectivity index (χ1n) is 12.4. The van der Waals surface area contributed by atoms with Crippen LogP contribution in [0.2, 0.25) is 0 Å². The Balaban J connectivity index is 1.60. The molecule has 3 aromatic rings. The highest BCUT2D eigenvalue weighted by Crippen LogP contribution is 2.26. The molecule has 1 atom stereocenters. The van der Waals surface area contributed by atoms with Gasteiger partial charge in [-0.3, -0.25) is 4.79 Å². The lowest BCUT2D eigenvalue weighted by molar-refractivity contribution is -0.124. The van der Waals surface area contributed by atoms with Crippen LogP contribution in [0.15, 0.2) is 72.8 Å². The molecule has 1 unspecified atom stereocenters. The minimum atomic E-state index is -0.375. The first-order chi connectivity index (χ1) is 17.0. The minimum absolute atomic E-state index is 0.0411. The third-order valence-electron chi connectivity index (χ3n) is 6.16. The normalized spacial score (nSPS) is 11.5. The fraction of sp³-hybridized carbons (Fsp3) is 0.333. The number of anilines is 2. The molecule has 0 aliphatic carbocycles. The van der Waals surface area contributed by atoms with Gasteiger partial charge in [0.2, 0.25) is 5.91 Å². The Morgan fingerprint density at radius 1 is 0.886 bits per heavy atom. The number of hydrogen-bond donors (Lipinski definition) is 2. The van der Waals surface area contributed by atoms with Gasteiger partial charge in [0.15, 0.2) is 0 Å². The molecule has 0 radical (unpaired) electrons. The van der Waals surface area contributed by atoms with Gasteiger partial charge in [-0.2, -0.15) is 0 Å². The van der Waals surface area contributed by atoms with E-state index >= 15 is 0 Å². The summed E-state index contributed by atoms with van der Waals surface area (Å²) in [7, 11) is 1.38. The smallest absolute Gasteiger partial charge is 0.339 e. The zero-order chi connectivity index (χ0) is 25.0. The lowest BCUT2D eigenvalue weighted by atomic mass is 10.0. The van der Waals surface area contributed by atoms with Gasteiger partial charge in [-0.25, -0.2) is 4.79 Å². The summed E-state index contributed by atoms with van der Waals surface area (Å²) in [4.78, 5) is 24.5. The highest BCUT2D eigenvalue weighted by Gasteiger charge is 2.13. The van der Waals surface area contributed by atoms with Crippen molar-refractivity contribution in [2.24, 2.45) is 5.92 Å². The molecule has 184 valence electrons. The highest BCUT2D eigenvalue weighted by molar-refractivity contribution is 5.96. The number of benzene rings is 3. The van der Waals surface area contributed by atoms with Crippen LogP contribution in [-0.4, -0.2) is 19.0 Å². The average molecular weight is 473 g/mol. The van der Waals surface area contributed by atoms with Gasteiger partial charge in [-0.15, -0.1) is 0 Å². The standard InChI is InChI=1S/C30H36N2O3/c1-4-5-6-7-11-22(2)29(33)31-21-23-12-10-13-25(20-23)24-16-18-26(19-17-24)32-28-15-9-8-14-27(28)30(34)35-3/h8-10,12-20,22,32H,4-7,11,21H2,1-3H3,(H,31,33). The van der Waals surface area contributed by atoms with Crippen LogP contribution in [0, 0.1) is 5.92 Å². The third-order valence-corrected chi connectivity index (χ3v) is 6.16. The number of amides is 1. The molecule has 0 spiro atoms. The first kappa shape index (κ1) is 26.0. The number of esters is 1. The second-order valence-electron chi connectivity index (χ2n) is 8.91. The fourth-order valence-corrected chi connectivity index (χ4v) is 4.01. The van der Waals surface area contributed by atoms with Crippen molar-refractivity contribution in [3.05, 3.63) is 83.9 Å². The summed E-state index contributed by atoms with van der Waals surface area (Å²) in [5.74, 6) is -0.214. The molecule has 5 heteroatoms. The van der Waals surface area contributed by atoms with Crippen molar-refractivity contribution < 1.29 is 14.3 Å². The maximum absolute atomic E-state index is 12.5. The minimum Gasteiger partial charge on any atom is -0.465 e. The predicted octanol–water partition coefficient (Wildman–Crippen LogP) is 7.11. The molecule has 3 rings (SSSR count). The molecule has 0 bridgehead atoms. The molecule has 0 aliphatic heterocycles. The van der Waals surface area contributed by atoms with E-state index in [0.29, 0.717) is 17.8 Å². The van der Waals surface area contributed by atoms with Crippen LogP contribution in [0.3, 0.4) is 0 Å². The molecule has 35 heavy (non-hydrogen) atoms. The maximum Gasteiger partial charge on any atom is 0.339 e. The Morgan fingerprint density at radius 2 is 1.66 bits per heavy atom. The van der Waals surface area contributed by atoms with Crippen molar-refractivity contribution in [2.75, 3.05) is 12.4 Å². The molecule has 3 aromatic carbocycles. The second-order valence-corrected chi connectivity index (χ2v) is 8.91. The maximum atomic E-state index is 12.5. The van der Waals surface area contributed by atoms with E-state index in [1.165, 1.54) is 26.4 Å². The third kappa shape index (κ3) is 7.71. The summed E-state index contributed by atoms with van der Waals surface area (Å²) in [5, 5.41) is 6.38. The number of rotatable bonds is 12. The SMILES string of the molecule is CCCCCCC(C)C(=O)NCc1cccc(-c2ccc(Nc3ccccc3C(=O)OC)cc2)c1. The van der Waals surface area contributed by atoms with Gasteiger partial charge in [0, 0.05) is 18.2 Å². The molecule has 0 aliphatic rings. The number of ether oxygens (including phenoxy) is 1. The Labute approximate surface area is 208 Å². The number of nitrogens with one attached hydrogen (secondary N) is 2. The van der Waals surface area contributed by atoms with Crippen molar-refractivity contribution in [3.8, 4) is 11.1 Å². The summed E-state index contributed by atoms with van der Waals surface area (Å²) in [6.45, 7) is 4.73. The van der Waals surface area contributed by atoms with Crippen LogP contribution in [0.4, 0.5) is 11.4 Å². The summed E-state index contributed by atoms with van der Waals surface area (Å²) in [5.41, 5.74) is 5.30.